The van der Waals surface area contributed by atoms with Gasteiger partial charge < -0.3 is 15.8 Å². The number of nitrogens with two attached hydrogens (primary N) is 1. The largest absolute Gasteiger partial charge is 0.493 e. The summed E-state index contributed by atoms with van der Waals surface area (Å²) in [6, 6.07) is 22.0. The summed E-state index contributed by atoms with van der Waals surface area (Å²) in [5, 5.41) is 14.7. The molecular formula is C29H33N5O2. The first-order chi connectivity index (χ1) is 17.5. The second kappa shape index (κ2) is 11.1. The number of hydrogen-bond acceptors (Lipinski definition) is 4. The molecule has 0 bridgehead atoms. The van der Waals surface area contributed by atoms with Crippen LogP contribution in [0, 0.1) is 11.5 Å². The van der Waals surface area contributed by atoms with Gasteiger partial charge in [-0.2, -0.15) is 5.26 Å². The highest BCUT2D eigenvalue weighted by molar-refractivity contribution is 6.09. The summed E-state index contributed by atoms with van der Waals surface area (Å²) in [7, 11) is 1.59. The van der Waals surface area contributed by atoms with Crippen molar-refractivity contribution in [2.75, 3.05) is 20.2 Å². The average molecular weight is 484 g/mol. The number of carbonyl (C=O) groups is 1. The van der Waals surface area contributed by atoms with Gasteiger partial charge in [-0.05, 0) is 55.0 Å². The maximum atomic E-state index is 13.6. The molecule has 3 aromatic carbocycles. The summed E-state index contributed by atoms with van der Waals surface area (Å²) in [6.45, 7) is 2.88. The van der Waals surface area contributed by atoms with Crippen molar-refractivity contribution in [2.45, 2.75) is 44.1 Å². The van der Waals surface area contributed by atoms with E-state index >= 15 is 0 Å². The third kappa shape index (κ3) is 4.99. The molecule has 7 heteroatoms. The van der Waals surface area contributed by atoms with Gasteiger partial charge in [0.2, 0.25) is 5.96 Å². The molecule has 0 aromatic heterocycles. The van der Waals surface area contributed by atoms with Gasteiger partial charge in [0.05, 0.1) is 12.2 Å². The van der Waals surface area contributed by atoms with Gasteiger partial charge in [-0.25, -0.2) is 4.90 Å². The molecule has 1 fully saturated rings. The van der Waals surface area contributed by atoms with Crippen LogP contribution >= 0.6 is 0 Å². The summed E-state index contributed by atoms with van der Waals surface area (Å²) in [6.07, 6.45) is 5.35. The Morgan fingerprint density at radius 1 is 1.14 bits per heavy atom. The minimum absolute atomic E-state index is 0.00568. The van der Waals surface area contributed by atoms with E-state index in [1.165, 1.54) is 10.5 Å². The minimum atomic E-state index is -0.247. The molecule has 0 heterocycles. The minimum Gasteiger partial charge on any atom is -0.493 e. The molecule has 3 N–H and O–H groups in total. The second-order valence-corrected chi connectivity index (χ2v) is 9.20. The highest BCUT2D eigenvalue weighted by atomic mass is 16.5. The third-order valence-electron chi connectivity index (χ3n) is 7.25. The molecule has 1 aliphatic rings. The maximum absolute atomic E-state index is 13.6. The van der Waals surface area contributed by atoms with Crippen molar-refractivity contribution in [1.29, 1.82) is 5.26 Å². The van der Waals surface area contributed by atoms with Crippen LogP contribution in [0.25, 0.3) is 10.8 Å². The molecule has 0 radical (unpaired) electrons. The van der Waals surface area contributed by atoms with E-state index in [-0.39, 0.29) is 23.3 Å². The van der Waals surface area contributed by atoms with Crippen molar-refractivity contribution in [3.05, 3.63) is 77.9 Å². The first-order valence-corrected chi connectivity index (χ1v) is 12.4. The summed E-state index contributed by atoms with van der Waals surface area (Å²) < 4.78 is 5.83. The zero-order valence-corrected chi connectivity index (χ0v) is 20.9. The molecule has 1 saturated carbocycles. The Labute approximate surface area is 212 Å². The number of benzene rings is 3. The van der Waals surface area contributed by atoms with Crippen LogP contribution in [0.2, 0.25) is 0 Å². The fourth-order valence-corrected chi connectivity index (χ4v) is 5.30. The van der Waals surface area contributed by atoms with Crippen LogP contribution in [-0.2, 0) is 5.41 Å². The smallest absolute Gasteiger partial charge is 0.255 e. The molecule has 3 aromatic rings. The van der Waals surface area contributed by atoms with Crippen molar-refractivity contribution < 1.29 is 9.53 Å². The Hall–Kier alpha value is -4.05. The third-order valence-corrected chi connectivity index (χ3v) is 7.25. The van der Waals surface area contributed by atoms with Crippen LogP contribution < -0.4 is 15.8 Å². The number of guanidine groups is 1. The monoisotopic (exact) mass is 483 g/mol. The zero-order chi connectivity index (χ0) is 25.5. The highest BCUT2D eigenvalue weighted by Crippen LogP contribution is 2.40. The van der Waals surface area contributed by atoms with Crippen molar-refractivity contribution in [1.82, 2.24) is 10.2 Å². The van der Waals surface area contributed by atoms with E-state index in [0.717, 1.165) is 36.5 Å². The normalized spacial score (nSPS) is 19.9. The molecular weight excluding hydrogens is 450 g/mol. The van der Waals surface area contributed by atoms with E-state index in [9.17, 15) is 10.1 Å². The number of amides is 1. The molecule has 7 nitrogen and oxygen atoms in total. The molecule has 1 aliphatic carbocycles. The maximum Gasteiger partial charge on any atom is 0.255 e. The number of aliphatic imine (C=N–C) groups is 1. The Morgan fingerprint density at radius 3 is 2.50 bits per heavy atom. The van der Waals surface area contributed by atoms with E-state index in [1.54, 1.807) is 7.05 Å². The molecule has 0 atom stereocenters. The lowest BCUT2D eigenvalue weighted by Gasteiger charge is -2.42. The van der Waals surface area contributed by atoms with Crippen LogP contribution in [-0.4, -0.2) is 43.0 Å². The molecule has 186 valence electrons. The summed E-state index contributed by atoms with van der Waals surface area (Å²) in [4.78, 5) is 19.2. The van der Waals surface area contributed by atoms with Gasteiger partial charge in [-0.1, -0.05) is 60.7 Å². The van der Waals surface area contributed by atoms with Crippen LogP contribution in [0.1, 0.15) is 48.5 Å². The topological polar surface area (TPSA) is 104 Å². The molecule has 0 saturated heterocycles. The second-order valence-electron chi connectivity index (χ2n) is 9.20. The number of nitrogens with zero attached hydrogens (tertiary/aromatic N) is 3. The van der Waals surface area contributed by atoms with Crippen LogP contribution in [0.4, 0.5) is 0 Å². The molecule has 4 rings (SSSR count). The van der Waals surface area contributed by atoms with Crippen molar-refractivity contribution in [3.63, 3.8) is 0 Å². The summed E-state index contributed by atoms with van der Waals surface area (Å²) >= 11 is 0. The number of fused-ring (bicyclic) bond motifs is 1. The molecule has 0 spiro atoms. The lowest BCUT2D eigenvalue weighted by atomic mass is 9.68. The average Bonchev–Trinajstić information content (AvgIpc) is 2.93. The van der Waals surface area contributed by atoms with Crippen LogP contribution in [0.5, 0.6) is 5.75 Å². The molecule has 0 unspecified atom stereocenters. The molecule has 0 aliphatic heterocycles. The van der Waals surface area contributed by atoms with E-state index < -0.39 is 0 Å². The van der Waals surface area contributed by atoms with Crippen LogP contribution in [0.3, 0.4) is 0 Å². The number of ether oxygens (including phenoxy) is 1. The number of rotatable bonds is 7. The Bertz CT molecular complexity index is 1270. The highest BCUT2D eigenvalue weighted by Gasteiger charge is 2.39. The lowest BCUT2D eigenvalue weighted by molar-refractivity contribution is 0.0930. The van der Waals surface area contributed by atoms with Gasteiger partial charge in [-0.15, -0.1) is 0 Å². The van der Waals surface area contributed by atoms with E-state index in [2.05, 4.69) is 28.6 Å². The Balaban J connectivity index is 1.60. The van der Waals surface area contributed by atoms with Gasteiger partial charge in [-0.3, -0.25) is 9.79 Å². The Kier molecular flexibility index (Phi) is 7.74. The number of nitriles is 1. The van der Waals surface area contributed by atoms with Gasteiger partial charge in [0.1, 0.15) is 5.75 Å². The van der Waals surface area contributed by atoms with E-state index in [1.807, 2.05) is 61.5 Å². The van der Waals surface area contributed by atoms with Gasteiger partial charge >= 0.3 is 0 Å². The fourth-order valence-electron chi connectivity index (χ4n) is 5.30. The van der Waals surface area contributed by atoms with Crippen molar-refractivity contribution in [2.24, 2.45) is 10.7 Å². The number of nitrogens with one attached hydrogen (secondary N) is 1. The van der Waals surface area contributed by atoms with Crippen molar-refractivity contribution in [3.8, 4) is 11.9 Å². The number of carbonyl (C=O) groups excluding carboxylic acids is 1. The first kappa shape index (κ1) is 25.1. The predicted molar refractivity (Wildman–Crippen MR) is 143 cm³/mol. The first-order valence-electron chi connectivity index (χ1n) is 12.4. The zero-order valence-electron chi connectivity index (χ0n) is 20.9. The SMILES string of the molecule is CCOc1ccc2ccccc2c1C(=O)NCC1(c2ccccc2)CCC(N(C#N)C(N)=NC)CC1. The van der Waals surface area contributed by atoms with Gasteiger partial charge in [0, 0.05) is 25.0 Å². The lowest BCUT2D eigenvalue weighted by Crippen LogP contribution is -2.49. The van der Waals surface area contributed by atoms with Gasteiger partial charge in [0.25, 0.3) is 5.91 Å². The quantitative estimate of drug-likeness (QED) is 0.222. The van der Waals surface area contributed by atoms with E-state index in [4.69, 9.17) is 10.5 Å². The summed E-state index contributed by atoms with van der Waals surface area (Å²) in [5.74, 6) is 0.682. The molecule has 1 amide bonds. The van der Waals surface area contributed by atoms with E-state index in [0.29, 0.717) is 24.5 Å². The summed E-state index contributed by atoms with van der Waals surface area (Å²) in [5.41, 5.74) is 7.47. The predicted octanol–water partition coefficient (Wildman–Crippen LogP) is 4.58. The molecule has 36 heavy (non-hydrogen) atoms. The van der Waals surface area contributed by atoms with Crippen molar-refractivity contribution >= 4 is 22.6 Å². The standard InChI is InChI=1S/C29H33N5O2/c1-3-36-25-14-13-21-9-7-8-12-24(21)26(25)27(35)33-19-29(22-10-5-4-6-11-22)17-15-23(16-18-29)34(20-30)28(31)32-2/h4-14,23H,3,15-19H2,1-2H3,(H2,31,32)(H,33,35). The fraction of sp³-hybridized carbons (Fsp3) is 0.345. The Morgan fingerprint density at radius 2 is 1.83 bits per heavy atom. The van der Waals surface area contributed by atoms with Gasteiger partial charge in [0.15, 0.2) is 6.19 Å². The number of hydrogen-bond donors (Lipinski definition) is 2. The van der Waals surface area contributed by atoms with Crippen LogP contribution in [0.15, 0.2) is 71.7 Å².